The van der Waals surface area contributed by atoms with Crippen molar-refractivity contribution in [1.82, 2.24) is 0 Å². The third-order valence-electron chi connectivity index (χ3n) is 2.77. The Labute approximate surface area is 118 Å². The van der Waals surface area contributed by atoms with Gasteiger partial charge in [-0.3, -0.25) is 0 Å². The van der Waals surface area contributed by atoms with Gasteiger partial charge in [0.1, 0.15) is 12.4 Å². The zero-order valence-electron chi connectivity index (χ0n) is 10.8. The summed E-state index contributed by atoms with van der Waals surface area (Å²) in [6.45, 7) is 2.30. The van der Waals surface area contributed by atoms with E-state index in [4.69, 9.17) is 16.3 Å². The van der Waals surface area contributed by atoms with Crippen LogP contribution in [-0.4, -0.2) is 11.2 Å². The van der Waals surface area contributed by atoms with E-state index in [2.05, 4.69) is 0 Å². The van der Waals surface area contributed by atoms with Gasteiger partial charge in [0.2, 0.25) is 0 Å². The van der Waals surface area contributed by atoms with Gasteiger partial charge in [0, 0.05) is 5.02 Å². The van der Waals surface area contributed by atoms with Gasteiger partial charge in [-0.15, -0.1) is 0 Å². The van der Waals surface area contributed by atoms with Crippen LogP contribution in [-0.2, 0) is 13.0 Å². The van der Waals surface area contributed by atoms with Gasteiger partial charge in [0.25, 0.3) is 0 Å². The molecular formula is C16H17ClO2. The molecule has 0 saturated heterocycles. The Hall–Kier alpha value is -1.51. The first-order chi connectivity index (χ1) is 9.13. The van der Waals surface area contributed by atoms with E-state index < -0.39 is 0 Å². The summed E-state index contributed by atoms with van der Waals surface area (Å²) >= 11 is 5.83. The Bertz CT molecular complexity index is 503. The number of hydrogen-bond donors (Lipinski definition) is 1. The highest BCUT2D eigenvalue weighted by atomic mass is 35.5. The van der Waals surface area contributed by atoms with Crippen molar-refractivity contribution in [3.63, 3.8) is 0 Å². The van der Waals surface area contributed by atoms with Crippen molar-refractivity contribution >= 4 is 11.6 Å². The molecule has 1 atom stereocenters. The molecule has 3 heteroatoms. The molecule has 0 radical (unpaired) electrons. The molecule has 0 heterocycles. The van der Waals surface area contributed by atoms with E-state index in [0.29, 0.717) is 13.0 Å². The smallest absolute Gasteiger partial charge is 0.119 e. The molecule has 0 aliphatic carbocycles. The fourth-order valence-electron chi connectivity index (χ4n) is 1.81. The van der Waals surface area contributed by atoms with Gasteiger partial charge in [-0.1, -0.05) is 35.9 Å². The molecule has 2 nitrogen and oxygen atoms in total. The standard InChI is InChI=1S/C16H17ClO2/c1-12(18)10-13-4-8-16(9-5-13)19-11-14-2-6-15(17)7-3-14/h2-9,12,18H,10-11H2,1H3. The van der Waals surface area contributed by atoms with Crippen LogP contribution in [0.3, 0.4) is 0 Å². The van der Waals surface area contributed by atoms with Crippen LogP contribution in [0, 0.1) is 0 Å². The van der Waals surface area contributed by atoms with Crippen molar-refractivity contribution in [2.45, 2.75) is 26.1 Å². The van der Waals surface area contributed by atoms with Crippen LogP contribution in [0.15, 0.2) is 48.5 Å². The minimum absolute atomic E-state index is 0.319. The van der Waals surface area contributed by atoms with E-state index in [-0.39, 0.29) is 6.10 Å². The summed E-state index contributed by atoms with van der Waals surface area (Å²) < 4.78 is 5.69. The average Bonchev–Trinajstić information content (AvgIpc) is 2.39. The molecule has 0 bridgehead atoms. The molecule has 0 aliphatic heterocycles. The molecule has 1 N–H and O–H groups in total. The molecule has 0 aromatic heterocycles. The van der Waals surface area contributed by atoms with Crippen LogP contribution in [0.5, 0.6) is 5.75 Å². The molecule has 1 unspecified atom stereocenters. The number of aliphatic hydroxyl groups excluding tert-OH is 1. The first-order valence-corrected chi connectivity index (χ1v) is 6.65. The van der Waals surface area contributed by atoms with Crippen LogP contribution < -0.4 is 4.74 Å². The molecule has 2 rings (SSSR count). The number of benzene rings is 2. The normalized spacial score (nSPS) is 12.2. The molecule has 0 amide bonds. The van der Waals surface area contributed by atoms with E-state index in [1.165, 1.54) is 0 Å². The Morgan fingerprint density at radius 2 is 1.58 bits per heavy atom. The van der Waals surface area contributed by atoms with Crippen LogP contribution in [0.2, 0.25) is 5.02 Å². The van der Waals surface area contributed by atoms with Crippen LogP contribution in [0.25, 0.3) is 0 Å². The minimum atomic E-state index is -0.319. The Morgan fingerprint density at radius 1 is 1.00 bits per heavy atom. The lowest BCUT2D eigenvalue weighted by Crippen LogP contribution is -2.03. The van der Waals surface area contributed by atoms with E-state index in [0.717, 1.165) is 21.9 Å². The molecule has 0 spiro atoms. The zero-order chi connectivity index (χ0) is 13.7. The van der Waals surface area contributed by atoms with Gasteiger partial charge in [0.05, 0.1) is 6.10 Å². The van der Waals surface area contributed by atoms with Crippen molar-refractivity contribution < 1.29 is 9.84 Å². The molecule has 2 aromatic carbocycles. The number of rotatable bonds is 5. The van der Waals surface area contributed by atoms with Crippen LogP contribution in [0.4, 0.5) is 0 Å². The lowest BCUT2D eigenvalue weighted by atomic mass is 10.1. The summed E-state index contributed by atoms with van der Waals surface area (Å²) in [4.78, 5) is 0. The van der Waals surface area contributed by atoms with Gasteiger partial charge in [-0.25, -0.2) is 0 Å². The first kappa shape index (κ1) is 13.9. The summed E-state index contributed by atoms with van der Waals surface area (Å²) in [7, 11) is 0. The topological polar surface area (TPSA) is 29.5 Å². The number of ether oxygens (including phenoxy) is 1. The third kappa shape index (κ3) is 4.58. The van der Waals surface area contributed by atoms with Crippen molar-refractivity contribution in [2.24, 2.45) is 0 Å². The second-order valence-electron chi connectivity index (χ2n) is 4.61. The number of halogens is 1. The zero-order valence-corrected chi connectivity index (χ0v) is 11.6. The van der Waals surface area contributed by atoms with Crippen LogP contribution >= 0.6 is 11.6 Å². The molecule has 100 valence electrons. The SMILES string of the molecule is CC(O)Cc1ccc(OCc2ccc(Cl)cc2)cc1. The maximum Gasteiger partial charge on any atom is 0.119 e. The minimum Gasteiger partial charge on any atom is -0.489 e. The Kier molecular flexibility index (Phi) is 4.83. The summed E-state index contributed by atoms with van der Waals surface area (Å²) in [5.41, 5.74) is 2.19. The quantitative estimate of drug-likeness (QED) is 0.899. The first-order valence-electron chi connectivity index (χ1n) is 6.28. The number of hydrogen-bond acceptors (Lipinski definition) is 2. The highest BCUT2D eigenvalue weighted by Gasteiger charge is 2.00. The molecule has 0 fully saturated rings. The van der Waals surface area contributed by atoms with Crippen molar-refractivity contribution in [3.8, 4) is 5.75 Å². The monoisotopic (exact) mass is 276 g/mol. The molecule has 2 aromatic rings. The van der Waals surface area contributed by atoms with E-state index >= 15 is 0 Å². The van der Waals surface area contributed by atoms with Crippen molar-refractivity contribution in [2.75, 3.05) is 0 Å². The maximum atomic E-state index is 9.31. The summed E-state index contributed by atoms with van der Waals surface area (Å²) in [6.07, 6.45) is 0.345. The lowest BCUT2D eigenvalue weighted by Gasteiger charge is -2.08. The predicted octanol–water partition coefficient (Wildman–Crippen LogP) is 3.84. The predicted molar refractivity (Wildman–Crippen MR) is 77.6 cm³/mol. The van der Waals surface area contributed by atoms with Gasteiger partial charge in [-0.05, 0) is 48.7 Å². The van der Waals surface area contributed by atoms with Crippen molar-refractivity contribution in [1.29, 1.82) is 0 Å². The fraction of sp³-hybridized carbons (Fsp3) is 0.250. The second kappa shape index (κ2) is 6.60. The largest absolute Gasteiger partial charge is 0.489 e. The van der Waals surface area contributed by atoms with E-state index in [1.54, 1.807) is 6.92 Å². The van der Waals surface area contributed by atoms with Gasteiger partial charge in [-0.2, -0.15) is 0 Å². The lowest BCUT2D eigenvalue weighted by molar-refractivity contribution is 0.195. The summed E-state index contributed by atoms with van der Waals surface area (Å²) in [6, 6.07) is 15.4. The molecule has 0 saturated carbocycles. The van der Waals surface area contributed by atoms with Gasteiger partial charge >= 0.3 is 0 Å². The van der Waals surface area contributed by atoms with Crippen molar-refractivity contribution in [3.05, 3.63) is 64.7 Å². The highest BCUT2D eigenvalue weighted by molar-refractivity contribution is 6.30. The third-order valence-corrected chi connectivity index (χ3v) is 3.03. The van der Waals surface area contributed by atoms with Gasteiger partial charge < -0.3 is 9.84 Å². The molecular weight excluding hydrogens is 260 g/mol. The second-order valence-corrected chi connectivity index (χ2v) is 5.05. The van der Waals surface area contributed by atoms with Crippen LogP contribution in [0.1, 0.15) is 18.1 Å². The average molecular weight is 277 g/mol. The maximum absolute atomic E-state index is 9.31. The highest BCUT2D eigenvalue weighted by Crippen LogP contribution is 2.16. The summed E-state index contributed by atoms with van der Waals surface area (Å²) in [5, 5.41) is 10.0. The number of aliphatic hydroxyl groups is 1. The molecule has 19 heavy (non-hydrogen) atoms. The Morgan fingerprint density at radius 3 is 2.16 bits per heavy atom. The Balaban J connectivity index is 1.91. The van der Waals surface area contributed by atoms with E-state index in [9.17, 15) is 5.11 Å². The van der Waals surface area contributed by atoms with Gasteiger partial charge in [0.15, 0.2) is 0 Å². The summed E-state index contributed by atoms with van der Waals surface area (Å²) in [5.74, 6) is 0.823. The fourth-order valence-corrected chi connectivity index (χ4v) is 1.94. The molecule has 0 aliphatic rings. The van der Waals surface area contributed by atoms with E-state index in [1.807, 2.05) is 48.5 Å².